The van der Waals surface area contributed by atoms with Gasteiger partial charge < -0.3 is 10.5 Å². The zero-order valence-corrected chi connectivity index (χ0v) is 15.2. The number of hydrogen-bond donors (Lipinski definition) is 2. The normalized spacial score (nSPS) is 16.2. The fourth-order valence-corrected chi connectivity index (χ4v) is 3.59. The molecular formula is C15H18Cl2N4O2S. The highest BCUT2D eigenvalue weighted by Crippen LogP contribution is 2.34. The Labute approximate surface area is 155 Å². The Morgan fingerprint density at radius 3 is 2.71 bits per heavy atom. The Balaban J connectivity index is 0.00000208. The molecule has 1 aromatic heterocycles. The maximum Gasteiger partial charge on any atom is 0.233 e. The van der Waals surface area contributed by atoms with E-state index in [-0.39, 0.29) is 18.3 Å². The summed E-state index contributed by atoms with van der Waals surface area (Å²) in [5.41, 5.74) is 6.05. The van der Waals surface area contributed by atoms with Crippen LogP contribution in [0.25, 0.3) is 10.6 Å². The lowest BCUT2D eigenvalue weighted by molar-refractivity contribution is -0.130. The molecule has 0 atom stereocenters. The molecular weight excluding hydrogens is 371 g/mol. The van der Waals surface area contributed by atoms with Crippen LogP contribution in [0.15, 0.2) is 24.3 Å². The number of nitrogens with zero attached hydrogens (tertiary/aromatic N) is 2. The summed E-state index contributed by atoms with van der Waals surface area (Å²) >= 11 is 7.45. The van der Waals surface area contributed by atoms with Crippen LogP contribution in [-0.2, 0) is 9.53 Å². The van der Waals surface area contributed by atoms with Crippen LogP contribution in [0, 0.1) is 5.41 Å². The fraction of sp³-hybridized carbons (Fsp3) is 0.400. The predicted octanol–water partition coefficient (Wildman–Crippen LogP) is 2.97. The third kappa shape index (κ3) is 3.87. The van der Waals surface area contributed by atoms with E-state index in [0.29, 0.717) is 47.8 Å². The topological polar surface area (TPSA) is 90.1 Å². The van der Waals surface area contributed by atoms with Gasteiger partial charge in [-0.3, -0.25) is 10.1 Å². The van der Waals surface area contributed by atoms with Gasteiger partial charge in [0, 0.05) is 25.3 Å². The molecule has 6 nitrogen and oxygen atoms in total. The van der Waals surface area contributed by atoms with Gasteiger partial charge >= 0.3 is 0 Å². The number of halogens is 2. The molecule has 1 aromatic carbocycles. The second-order valence-electron chi connectivity index (χ2n) is 5.44. The van der Waals surface area contributed by atoms with E-state index in [2.05, 4.69) is 15.5 Å². The van der Waals surface area contributed by atoms with E-state index in [0.717, 1.165) is 5.56 Å². The van der Waals surface area contributed by atoms with Crippen molar-refractivity contribution in [2.45, 2.75) is 12.8 Å². The van der Waals surface area contributed by atoms with Crippen molar-refractivity contribution >= 4 is 46.4 Å². The number of hydrogen-bond acceptors (Lipinski definition) is 6. The minimum Gasteiger partial charge on any atom is -0.381 e. The first-order valence-electron chi connectivity index (χ1n) is 7.32. The highest BCUT2D eigenvalue weighted by molar-refractivity contribution is 7.18. The average Bonchev–Trinajstić information content (AvgIpc) is 3.04. The second-order valence-corrected chi connectivity index (χ2v) is 6.83. The number of ether oxygens (including phenoxy) is 1. The van der Waals surface area contributed by atoms with Crippen molar-refractivity contribution in [1.29, 1.82) is 0 Å². The molecule has 1 aliphatic heterocycles. The maximum atomic E-state index is 12.6. The molecule has 1 aliphatic rings. The minimum atomic E-state index is -0.589. The van der Waals surface area contributed by atoms with E-state index in [1.165, 1.54) is 11.3 Å². The van der Waals surface area contributed by atoms with E-state index in [1.54, 1.807) is 6.07 Å². The summed E-state index contributed by atoms with van der Waals surface area (Å²) in [6, 6.07) is 7.40. The lowest BCUT2D eigenvalue weighted by atomic mass is 9.79. The van der Waals surface area contributed by atoms with Crippen molar-refractivity contribution in [3.8, 4) is 10.6 Å². The van der Waals surface area contributed by atoms with Crippen LogP contribution in [0.4, 0.5) is 5.13 Å². The standard InChI is InChI=1S/C15H17ClN4O2S.ClH/c16-11-4-2-1-3-10(11)12-19-20-14(23-12)18-13(21)15(9-17)5-7-22-8-6-15;/h1-4H,5-9,17H2,(H,18,20,21);1H. The molecule has 0 spiro atoms. The van der Waals surface area contributed by atoms with Gasteiger partial charge in [0.2, 0.25) is 11.0 Å². The highest BCUT2D eigenvalue weighted by atomic mass is 35.5. The molecule has 130 valence electrons. The number of rotatable bonds is 4. The van der Waals surface area contributed by atoms with Gasteiger partial charge in [0.25, 0.3) is 0 Å². The number of anilines is 1. The minimum absolute atomic E-state index is 0. The quantitative estimate of drug-likeness (QED) is 0.839. The molecule has 24 heavy (non-hydrogen) atoms. The van der Waals surface area contributed by atoms with Crippen LogP contribution in [-0.4, -0.2) is 35.9 Å². The Morgan fingerprint density at radius 2 is 2.04 bits per heavy atom. The van der Waals surface area contributed by atoms with Crippen LogP contribution >= 0.6 is 35.3 Å². The lowest BCUT2D eigenvalue weighted by Crippen LogP contribution is -2.46. The number of carbonyl (C=O) groups excluding carboxylic acids is 1. The second kappa shape index (κ2) is 8.22. The van der Waals surface area contributed by atoms with Crippen LogP contribution in [0.3, 0.4) is 0 Å². The van der Waals surface area contributed by atoms with Gasteiger partial charge in [0.1, 0.15) is 0 Å². The van der Waals surface area contributed by atoms with Crippen molar-refractivity contribution in [2.24, 2.45) is 11.1 Å². The SMILES string of the molecule is Cl.NCC1(C(=O)Nc2nnc(-c3ccccc3Cl)s2)CCOCC1. The fourth-order valence-electron chi connectivity index (χ4n) is 2.53. The van der Waals surface area contributed by atoms with Gasteiger partial charge in [-0.05, 0) is 18.9 Å². The van der Waals surface area contributed by atoms with Crippen LogP contribution in [0.5, 0.6) is 0 Å². The summed E-state index contributed by atoms with van der Waals surface area (Å²) in [5.74, 6) is -0.120. The van der Waals surface area contributed by atoms with Gasteiger partial charge in [-0.25, -0.2) is 0 Å². The summed E-state index contributed by atoms with van der Waals surface area (Å²) in [5, 5.41) is 12.7. The van der Waals surface area contributed by atoms with Crippen LogP contribution < -0.4 is 11.1 Å². The number of nitrogens with one attached hydrogen (secondary N) is 1. The van der Waals surface area contributed by atoms with Gasteiger partial charge in [-0.15, -0.1) is 22.6 Å². The Morgan fingerprint density at radius 1 is 1.33 bits per heavy atom. The first-order valence-corrected chi connectivity index (χ1v) is 8.52. The summed E-state index contributed by atoms with van der Waals surface area (Å²) in [6.07, 6.45) is 1.23. The molecule has 1 fully saturated rings. The third-order valence-corrected chi connectivity index (χ3v) is 5.27. The summed E-state index contributed by atoms with van der Waals surface area (Å²) in [7, 11) is 0. The zero-order chi connectivity index (χ0) is 16.3. The lowest BCUT2D eigenvalue weighted by Gasteiger charge is -2.34. The molecule has 1 saturated heterocycles. The molecule has 0 aliphatic carbocycles. The molecule has 0 unspecified atom stereocenters. The van der Waals surface area contributed by atoms with Crippen LogP contribution in [0.2, 0.25) is 5.02 Å². The number of amides is 1. The Bertz CT molecular complexity index is 704. The number of carbonyl (C=O) groups is 1. The van der Waals surface area contributed by atoms with Gasteiger partial charge in [0.15, 0.2) is 5.01 Å². The van der Waals surface area contributed by atoms with Crippen molar-refractivity contribution < 1.29 is 9.53 Å². The molecule has 3 rings (SSSR count). The summed E-state index contributed by atoms with van der Waals surface area (Å²) < 4.78 is 5.33. The Hall–Kier alpha value is -1.25. The van der Waals surface area contributed by atoms with Crippen molar-refractivity contribution in [3.63, 3.8) is 0 Å². The summed E-state index contributed by atoms with van der Waals surface area (Å²) in [4.78, 5) is 12.6. The Kier molecular flexibility index (Phi) is 6.54. The predicted molar refractivity (Wildman–Crippen MR) is 97.8 cm³/mol. The van der Waals surface area contributed by atoms with E-state index in [1.807, 2.05) is 18.2 Å². The molecule has 0 saturated carbocycles. The van der Waals surface area contributed by atoms with Crippen LogP contribution in [0.1, 0.15) is 12.8 Å². The molecule has 0 radical (unpaired) electrons. The van der Waals surface area contributed by atoms with E-state index >= 15 is 0 Å². The monoisotopic (exact) mass is 388 g/mol. The average molecular weight is 389 g/mol. The molecule has 2 aromatic rings. The van der Waals surface area contributed by atoms with Gasteiger partial charge in [-0.2, -0.15) is 0 Å². The largest absolute Gasteiger partial charge is 0.381 e. The van der Waals surface area contributed by atoms with E-state index in [4.69, 9.17) is 22.1 Å². The molecule has 2 heterocycles. The molecule has 0 bridgehead atoms. The van der Waals surface area contributed by atoms with Gasteiger partial charge in [0.05, 0.1) is 10.4 Å². The number of aromatic nitrogens is 2. The first-order chi connectivity index (χ1) is 11.1. The zero-order valence-electron chi connectivity index (χ0n) is 12.8. The first kappa shape index (κ1) is 19.1. The number of nitrogens with two attached hydrogens (primary N) is 1. The highest BCUT2D eigenvalue weighted by Gasteiger charge is 2.39. The van der Waals surface area contributed by atoms with Crippen molar-refractivity contribution in [1.82, 2.24) is 10.2 Å². The van der Waals surface area contributed by atoms with Gasteiger partial charge in [-0.1, -0.05) is 41.1 Å². The van der Waals surface area contributed by atoms with E-state index < -0.39 is 5.41 Å². The maximum absolute atomic E-state index is 12.6. The number of benzene rings is 1. The van der Waals surface area contributed by atoms with Crippen molar-refractivity contribution in [2.75, 3.05) is 25.1 Å². The summed E-state index contributed by atoms with van der Waals surface area (Å²) in [6.45, 7) is 1.38. The smallest absolute Gasteiger partial charge is 0.233 e. The van der Waals surface area contributed by atoms with E-state index in [9.17, 15) is 4.79 Å². The third-order valence-electron chi connectivity index (χ3n) is 4.07. The molecule has 1 amide bonds. The molecule has 9 heteroatoms. The molecule has 3 N–H and O–H groups in total. The van der Waals surface area contributed by atoms with Crippen molar-refractivity contribution in [3.05, 3.63) is 29.3 Å².